The molecule has 0 aliphatic carbocycles. The van der Waals surface area contributed by atoms with Crippen LogP contribution in [0.5, 0.6) is 0 Å². The fourth-order valence-corrected chi connectivity index (χ4v) is 5.32. The molecule has 0 amide bonds. The highest BCUT2D eigenvalue weighted by Crippen LogP contribution is 2.17. The van der Waals surface area contributed by atoms with Crippen molar-refractivity contribution in [2.24, 2.45) is 5.92 Å². The van der Waals surface area contributed by atoms with Crippen LogP contribution in [0.15, 0.2) is 34.1 Å². The maximum absolute atomic E-state index is 12.5. The van der Waals surface area contributed by atoms with Crippen LogP contribution < -0.4 is 4.72 Å². The van der Waals surface area contributed by atoms with Gasteiger partial charge < -0.3 is 4.90 Å². The molecule has 0 aromatic heterocycles. The highest BCUT2D eigenvalue weighted by Gasteiger charge is 2.22. The van der Waals surface area contributed by atoms with Crippen molar-refractivity contribution in [3.05, 3.63) is 24.3 Å². The molecule has 2 rings (SSSR count). The van der Waals surface area contributed by atoms with E-state index in [1.165, 1.54) is 30.7 Å². The lowest BCUT2D eigenvalue weighted by Gasteiger charge is -2.32. The zero-order valence-corrected chi connectivity index (χ0v) is 16.7. The van der Waals surface area contributed by atoms with Crippen LogP contribution in [-0.4, -0.2) is 53.2 Å². The zero-order chi connectivity index (χ0) is 18.7. The molecule has 1 heterocycles. The van der Waals surface area contributed by atoms with Crippen molar-refractivity contribution >= 4 is 19.9 Å². The Bertz CT molecular complexity index is 773. The molecule has 1 N–H and O–H groups in total. The van der Waals surface area contributed by atoms with Gasteiger partial charge in [-0.25, -0.2) is 21.6 Å². The van der Waals surface area contributed by atoms with E-state index >= 15 is 0 Å². The molecule has 2 atom stereocenters. The van der Waals surface area contributed by atoms with Gasteiger partial charge in [0.25, 0.3) is 0 Å². The van der Waals surface area contributed by atoms with Crippen molar-refractivity contribution in [3.63, 3.8) is 0 Å². The molecular weight excluding hydrogens is 360 g/mol. The minimum Gasteiger partial charge on any atom is -0.301 e. The van der Waals surface area contributed by atoms with E-state index in [9.17, 15) is 16.8 Å². The zero-order valence-electron chi connectivity index (χ0n) is 15.1. The molecule has 0 radical (unpaired) electrons. The maximum atomic E-state index is 12.5. The van der Waals surface area contributed by atoms with Crippen molar-refractivity contribution in [3.8, 4) is 0 Å². The molecule has 0 saturated carbocycles. The van der Waals surface area contributed by atoms with Crippen molar-refractivity contribution < 1.29 is 16.8 Å². The molecule has 0 spiro atoms. The van der Waals surface area contributed by atoms with Crippen LogP contribution >= 0.6 is 0 Å². The molecule has 8 heteroatoms. The van der Waals surface area contributed by atoms with Crippen molar-refractivity contribution in [1.82, 2.24) is 9.62 Å². The summed E-state index contributed by atoms with van der Waals surface area (Å²) < 4.78 is 51.3. The smallest absolute Gasteiger partial charge is 0.240 e. The van der Waals surface area contributed by atoms with E-state index in [0.29, 0.717) is 12.5 Å². The van der Waals surface area contributed by atoms with Crippen molar-refractivity contribution in [1.29, 1.82) is 0 Å². The number of sulfonamides is 1. The lowest BCUT2D eigenvalue weighted by Crippen LogP contribution is -2.45. The summed E-state index contributed by atoms with van der Waals surface area (Å²) in [5.41, 5.74) is 0. The number of hydrogen-bond donors (Lipinski definition) is 1. The number of piperidine rings is 1. The van der Waals surface area contributed by atoms with Gasteiger partial charge in [0.1, 0.15) is 0 Å². The first-order valence-electron chi connectivity index (χ1n) is 8.71. The van der Waals surface area contributed by atoms with E-state index in [-0.39, 0.29) is 21.6 Å². The number of likely N-dealkylation sites (tertiary alicyclic amines) is 1. The van der Waals surface area contributed by atoms with Gasteiger partial charge in [-0.15, -0.1) is 0 Å². The summed E-state index contributed by atoms with van der Waals surface area (Å²) in [5.74, 6) is 0.633. The van der Waals surface area contributed by atoms with Crippen LogP contribution in [0.1, 0.15) is 33.6 Å². The topological polar surface area (TPSA) is 83.5 Å². The summed E-state index contributed by atoms with van der Waals surface area (Å²) in [6.45, 7) is 8.30. The highest BCUT2D eigenvalue weighted by atomic mass is 32.2. The van der Waals surface area contributed by atoms with Crippen LogP contribution in [0.2, 0.25) is 0 Å². The van der Waals surface area contributed by atoms with Crippen molar-refractivity contribution in [2.45, 2.75) is 49.4 Å². The van der Waals surface area contributed by atoms with Gasteiger partial charge in [0.05, 0.1) is 15.5 Å². The molecule has 1 fully saturated rings. The Morgan fingerprint density at radius 2 is 1.76 bits per heavy atom. The van der Waals surface area contributed by atoms with Gasteiger partial charge in [0.2, 0.25) is 10.0 Å². The monoisotopic (exact) mass is 388 g/mol. The molecule has 1 saturated heterocycles. The third-order valence-electron chi connectivity index (χ3n) is 4.50. The fraction of sp³-hybridized carbons (Fsp3) is 0.647. The second kappa shape index (κ2) is 8.16. The SMILES string of the molecule is CCS(=O)(=O)c1ccc(S(=O)(=O)NC(C)CN2CCCC(C)C2)cc1. The third-order valence-corrected chi connectivity index (χ3v) is 7.86. The summed E-state index contributed by atoms with van der Waals surface area (Å²) in [6.07, 6.45) is 2.37. The van der Waals surface area contributed by atoms with Crippen LogP contribution in [0, 0.1) is 5.92 Å². The Labute approximate surface area is 151 Å². The average molecular weight is 389 g/mol. The standard InChI is InChI=1S/C17H28N2O4S2/c1-4-24(20,21)16-7-9-17(10-8-16)25(22,23)18-15(3)13-19-11-5-6-14(2)12-19/h7-10,14-15,18H,4-6,11-13H2,1-3H3. The molecular formula is C17H28N2O4S2. The fourth-order valence-electron chi connectivity index (χ4n) is 3.20. The molecule has 142 valence electrons. The molecule has 1 aromatic rings. The van der Waals surface area contributed by atoms with Crippen LogP contribution in [0.3, 0.4) is 0 Å². The van der Waals surface area contributed by atoms with Gasteiger partial charge >= 0.3 is 0 Å². The summed E-state index contributed by atoms with van der Waals surface area (Å²) in [4.78, 5) is 2.52. The Kier molecular flexibility index (Phi) is 6.64. The summed E-state index contributed by atoms with van der Waals surface area (Å²) >= 11 is 0. The Balaban J connectivity index is 2.03. The lowest BCUT2D eigenvalue weighted by molar-refractivity contribution is 0.174. The number of sulfone groups is 1. The number of nitrogens with one attached hydrogen (secondary N) is 1. The van der Waals surface area contributed by atoms with Crippen molar-refractivity contribution in [2.75, 3.05) is 25.4 Å². The second-order valence-electron chi connectivity index (χ2n) is 6.90. The van der Waals surface area contributed by atoms with Crippen LogP contribution in [0.25, 0.3) is 0 Å². The lowest BCUT2D eigenvalue weighted by atomic mass is 10.00. The first-order valence-corrected chi connectivity index (χ1v) is 11.8. The van der Waals surface area contributed by atoms with Gasteiger partial charge in [-0.1, -0.05) is 13.8 Å². The molecule has 25 heavy (non-hydrogen) atoms. The highest BCUT2D eigenvalue weighted by molar-refractivity contribution is 7.91. The predicted octanol–water partition coefficient (Wildman–Crippen LogP) is 1.88. The molecule has 0 bridgehead atoms. The summed E-state index contributed by atoms with van der Waals surface area (Å²) in [7, 11) is -6.99. The van der Waals surface area contributed by atoms with E-state index < -0.39 is 19.9 Å². The van der Waals surface area contributed by atoms with E-state index in [0.717, 1.165) is 19.5 Å². The molecule has 2 unspecified atom stereocenters. The number of nitrogens with zero attached hydrogens (tertiary/aromatic N) is 1. The predicted molar refractivity (Wildman–Crippen MR) is 98.8 cm³/mol. The van der Waals surface area contributed by atoms with Gasteiger partial charge in [0.15, 0.2) is 9.84 Å². The minimum atomic E-state index is -3.66. The Morgan fingerprint density at radius 1 is 1.16 bits per heavy atom. The molecule has 1 aliphatic rings. The number of rotatable bonds is 7. The number of benzene rings is 1. The quantitative estimate of drug-likeness (QED) is 0.771. The minimum absolute atomic E-state index is 0.0113. The van der Waals surface area contributed by atoms with E-state index in [1.54, 1.807) is 6.92 Å². The first-order chi connectivity index (χ1) is 11.6. The van der Waals surface area contributed by atoms with Gasteiger partial charge in [0, 0.05) is 19.1 Å². The summed E-state index contributed by atoms with van der Waals surface area (Å²) in [6, 6.07) is 5.19. The van der Waals surface area contributed by atoms with Gasteiger partial charge in [-0.2, -0.15) is 0 Å². The number of hydrogen-bond acceptors (Lipinski definition) is 5. The molecule has 1 aliphatic heterocycles. The van der Waals surface area contributed by atoms with Gasteiger partial charge in [-0.3, -0.25) is 0 Å². The Hall–Kier alpha value is -0.960. The van der Waals surface area contributed by atoms with E-state index in [1.807, 2.05) is 6.92 Å². The van der Waals surface area contributed by atoms with Crippen LogP contribution in [-0.2, 0) is 19.9 Å². The third kappa shape index (κ3) is 5.51. The largest absolute Gasteiger partial charge is 0.301 e. The molecule has 6 nitrogen and oxygen atoms in total. The van der Waals surface area contributed by atoms with E-state index in [4.69, 9.17) is 0 Å². The second-order valence-corrected chi connectivity index (χ2v) is 10.9. The van der Waals surface area contributed by atoms with Gasteiger partial charge in [-0.05, 0) is 56.5 Å². The normalized spacial score (nSPS) is 21.2. The summed E-state index contributed by atoms with van der Waals surface area (Å²) in [5, 5.41) is 0. The van der Waals surface area contributed by atoms with E-state index in [2.05, 4.69) is 16.5 Å². The first kappa shape index (κ1) is 20.4. The van der Waals surface area contributed by atoms with Crippen LogP contribution in [0.4, 0.5) is 0 Å². The average Bonchev–Trinajstić information content (AvgIpc) is 2.54. The molecule has 1 aromatic carbocycles. The Morgan fingerprint density at radius 3 is 2.32 bits per heavy atom. The maximum Gasteiger partial charge on any atom is 0.240 e.